The van der Waals surface area contributed by atoms with Gasteiger partial charge in [-0.25, -0.2) is 4.79 Å². The monoisotopic (exact) mass is 164 g/mol. The standard InChI is InChI=1S/C6H9ClO3/c1-2-6(9)10-4-5(8)3-7/h2,5,8H,1,3-4H2/t5-/m1/s1. The molecule has 0 aliphatic carbocycles. The van der Waals surface area contributed by atoms with Crippen LogP contribution in [0.2, 0.25) is 0 Å². The molecule has 3 nitrogen and oxygen atoms in total. The fraction of sp³-hybridized carbons (Fsp3) is 0.500. The molecule has 10 heavy (non-hydrogen) atoms. The van der Waals surface area contributed by atoms with Crippen LogP contribution >= 0.6 is 11.6 Å². The lowest BCUT2D eigenvalue weighted by molar-refractivity contribution is -0.140. The van der Waals surface area contributed by atoms with E-state index in [-0.39, 0.29) is 12.5 Å². The maximum absolute atomic E-state index is 10.3. The van der Waals surface area contributed by atoms with Crippen molar-refractivity contribution in [3.8, 4) is 0 Å². The van der Waals surface area contributed by atoms with Crippen molar-refractivity contribution in [3.63, 3.8) is 0 Å². The second-order valence-electron chi connectivity index (χ2n) is 1.64. The molecule has 0 aromatic rings. The predicted molar refractivity (Wildman–Crippen MR) is 37.9 cm³/mol. The number of carbonyl (C=O) groups excluding carboxylic acids is 1. The molecule has 58 valence electrons. The van der Waals surface area contributed by atoms with Gasteiger partial charge in [-0.05, 0) is 0 Å². The highest BCUT2D eigenvalue weighted by Gasteiger charge is 2.03. The molecule has 0 fully saturated rings. The largest absolute Gasteiger partial charge is 0.460 e. The lowest BCUT2D eigenvalue weighted by Crippen LogP contribution is -2.18. The minimum Gasteiger partial charge on any atom is -0.460 e. The SMILES string of the molecule is C=CC(=O)OC[C@H](O)CCl. The van der Waals surface area contributed by atoms with Crippen molar-refractivity contribution >= 4 is 17.6 Å². The lowest BCUT2D eigenvalue weighted by Gasteiger charge is -2.04. The molecule has 1 N–H and O–H groups in total. The molecule has 0 unspecified atom stereocenters. The van der Waals surface area contributed by atoms with Crippen LogP contribution in [0.5, 0.6) is 0 Å². The van der Waals surface area contributed by atoms with Crippen molar-refractivity contribution in [2.24, 2.45) is 0 Å². The van der Waals surface area contributed by atoms with Gasteiger partial charge in [0.2, 0.25) is 0 Å². The van der Waals surface area contributed by atoms with E-state index < -0.39 is 12.1 Å². The molecule has 0 bridgehead atoms. The van der Waals surface area contributed by atoms with Crippen molar-refractivity contribution in [1.82, 2.24) is 0 Å². The van der Waals surface area contributed by atoms with Gasteiger partial charge in [0.05, 0.1) is 5.88 Å². The van der Waals surface area contributed by atoms with E-state index in [1.54, 1.807) is 0 Å². The fourth-order valence-electron chi connectivity index (χ4n) is 0.282. The number of carbonyl (C=O) groups is 1. The molecule has 0 aliphatic rings. The van der Waals surface area contributed by atoms with Crippen LogP contribution in [0, 0.1) is 0 Å². The summed E-state index contributed by atoms with van der Waals surface area (Å²) >= 11 is 5.21. The van der Waals surface area contributed by atoms with Gasteiger partial charge in [0.15, 0.2) is 0 Å². The quantitative estimate of drug-likeness (QED) is 0.370. The van der Waals surface area contributed by atoms with Gasteiger partial charge in [-0.15, -0.1) is 11.6 Å². The van der Waals surface area contributed by atoms with Crippen molar-refractivity contribution < 1.29 is 14.6 Å². The molecule has 0 rings (SSSR count). The number of halogens is 1. The summed E-state index contributed by atoms with van der Waals surface area (Å²) < 4.78 is 4.45. The number of hydrogen-bond donors (Lipinski definition) is 1. The van der Waals surface area contributed by atoms with Gasteiger partial charge in [-0.2, -0.15) is 0 Å². The van der Waals surface area contributed by atoms with Crippen LogP contribution in [-0.2, 0) is 9.53 Å². The highest BCUT2D eigenvalue weighted by atomic mass is 35.5. The Labute approximate surface area is 64.2 Å². The van der Waals surface area contributed by atoms with Gasteiger partial charge < -0.3 is 9.84 Å². The van der Waals surface area contributed by atoms with Crippen LogP contribution in [0.3, 0.4) is 0 Å². The first-order valence-corrected chi connectivity index (χ1v) is 3.27. The summed E-state index contributed by atoms with van der Waals surface area (Å²) in [5, 5.41) is 8.76. The third kappa shape index (κ3) is 4.35. The van der Waals surface area contributed by atoms with E-state index in [1.165, 1.54) is 0 Å². The molecule has 0 amide bonds. The first-order valence-electron chi connectivity index (χ1n) is 2.74. The Bertz CT molecular complexity index is 124. The Morgan fingerprint density at radius 3 is 2.90 bits per heavy atom. The van der Waals surface area contributed by atoms with Crippen LogP contribution in [-0.4, -0.2) is 29.7 Å². The number of ether oxygens (including phenoxy) is 1. The highest BCUT2D eigenvalue weighted by Crippen LogP contribution is 1.89. The van der Waals surface area contributed by atoms with E-state index in [4.69, 9.17) is 16.7 Å². The van der Waals surface area contributed by atoms with Gasteiger partial charge >= 0.3 is 5.97 Å². The highest BCUT2D eigenvalue weighted by molar-refractivity contribution is 6.18. The predicted octanol–water partition coefficient (Wildman–Crippen LogP) is 0.315. The van der Waals surface area contributed by atoms with Crippen LogP contribution in [0.15, 0.2) is 12.7 Å². The van der Waals surface area contributed by atoms with Crippen LogP contribution in [0.25, 0.3) is 0 Å². The van der Waals surface area contributed by atoms with Gasteiger partial charge in [-0.3, -0.25) is 0 Å². The lowest BCUT2D eigenvalue weighted by atomic mass is 10.4. The Morgan fingerprint density at radius 2 is 2.50 bits per heavy atom. The topological polar surface area (TPSA) is 46.5 Å². The Balaban J connectivity index is 3.34. The van der Waals surface area contributed by atoms with Gasteiger partial charge in [0.25, 0.3) is 0 Å². The number of esters is 1. The van der Waals surface area contributed by atoms with E-state index >= 15 is 0 Å². The number of hydrogen-bond acceptors (Lipinski definition) is 3. The van der Waals surface area contributed by atoms with Crippen molar-refractivity contribution in [3.05, 3.63) is 12.7 Å². The van der Waals surface area contributed by atoms with Crippen LogP contribution in [0.1, 0.15) is 0 Å². The zero-order valence-electron chi connectivity index (χ0n) is 5.42. The zero-order chi connectivity index (χ0) is 7.98. The summed E-state index contributed by atoms with van der Waals surface area (Å²) in [6.45, 7) is 3.10. The summed E-state index contributed by atoms with van der Waals surface area (Å²) in [6, 6.07) is 0. The van der Waals surface area contributed by atoms with Gasteiger partial charge in [0, 0.05) is 6.08 Å². The summed E-state index contributed by atoms with van der Waals surface area (Å²) in [6.07, 6.45) is 0.242. The maximum Gasteiger partial charge on any atom is 0.330 e. The number of rotatable bonds is 4. The molecule has 0 aliphatic heterocycles. The molecule has 0 saturated carbocycles. The molecule has 1 atom stereocenters. The first kappa shape index (κ1) is 9.46. The van der Waals surface area contributed by atoms with Crippen LogP contribution < -0.4 is 0 Å². The molecule has 4 heteroatoms. The molecule has 0 spiro atoms. The van der Waals surface area contributed by atoms with Crippen molar-refractivity contribution in [2.75, 3.05) is 12.5 Å². The summed E-state index contributed by atoms with van der Waals surface area (Å²) in [4.78, 5) is 10.3. The number of alkyl halides is 1. The molecular formula is C6H9ClO3. The smallest absolute Gasteiger partial charge is 0.330 e. The zero-order valence-corrected chi connectivity index (χ0v) is 6.17. The normalized spacial score (nSPS) is 12.2. The maximum atomic E-state index is 10.3. The van der Waals surface area contributed by atoms with Gasteiger partial charge in [-0.1, -0.05) is 6.58 Å². The third-order valence-corrected chi connectivity index (χ3v) is 1.12. The van der Waals surface area contributed by atoms with E-state index in [1.807, 2.05) is 0 Å². The second-order valence-corrected chi connectivity index (χ2v) is 1.95. The van der Waals surface area contributed by atoms with Crippen LogP contribution in [0.4, 0.5) is 0 Å². The van der Waals surface area contributed by atoms with Crippen molar-refractivity contribution in [2.45, 2.75) is 6.10 Å². The Hall–Kier alpha value is -0.540. The first-order chi connectivity index (χ1) is 4.70. The average molecular weight is 165 g/mol. The minimum atomic E-state index is -0.787. The summed E-state index contributed by atoms with van der Waals surface area (Å²) in [7, 11) is 0. The summed E-state index contributed by atoms with van der Waals surface area (Å²) in [5.41, 5.74) is 0. The van der Waals surface area contributed by atoms with Gasteiger partial charge in [0.1, 0.15) is 12.7 Å². The van der Waals surface area contributed by atoms with E-state index in [2.05, 4.69) is 11.3 Å². The molecule has 0 radical (unpaired) electrons. The number of aliphatic hydroxyl groups is 1. The van der Waals surface area contributed by atoms with Crippen molar-refractivity contribution in [1.29, 1.82) is 0 Å². The summed E-state index contributed by atoms with van der Waals surface area (Å²) in [5.74, 6) is -0.492. The fourth-order valence-corrected chi connectivity index (χ4v) is 0.371. The average Bonchev–Trinajstić information content (AvgIpc) is 1.99. The Kier molecular flexibility index (Phi) is 4.98. The van der Waals surface area contributed by atoms with E-state index in [0.717, 1.165) is 6.08 Å². The van der Waals surface area contributed by atoms with E-state index in [9.17, 15) is 4.79 Å². The minimum absolute atomic E-state index is 0.0599. The molecule has 0 aromatic carbocycles. The molecule has 0 aromatic heterocycles. The molecular weight excluding hydrogens is 156 g/mol. The second kappa shape index (κ2) is 5.26. The molecule has 0 saturated heterocycles. The molecule has 0 heterocycles. The number of aliphatic hydroxyl groups excluding tert-OH is 1. The third-order valence-electron chi connectivity index (χ3n) is 0.763. The Morgan fingerprint density at radius 1 is 1.90 bits per heavy atom. The van der Waals surface area contributed by atoms with E-state index in [0.29, 0.717) is 0 Å².